The molecule has 0 radical (unpaired) electrons. The van der Waals surface area contributed by atoms with Gasteiger partial charge in [0.05, 0.1) is 14.7 Å². The number of hydrogen-bond donors (Lipinski definition) is 0. The van der Waals surface area contributed by atoms with Crippen molar-refractivity contribution in [3.05, 3.63) is 73.7 Å². The molecule has 0 unspecified atom stereocenters. The summed E-state index contributed by atoms with van der Waals surface area (Å²) in [5.74, 6) is 0. The van der Waals surface area contributed by atoms with Gasteiger partial charge in [0, 0.05) is 36.4 Å². The third-order valence-corrected chi connectivity index (χ3v) is 3.32. The van der Waals surface area contributed by atoms with Crippen molar-refractivity contribution in [2.75, 3.05) is 0 Å². The first-order valence-electron chi connectivity index (χ1n) is 5.95. The zero-order valence-electron chi connectivity index (χ0n) is 11.7. The Kier molecular flexibility index (Phi) is 5.99. The van der Waals surface area contributed by atoms with Gasteiger partial charge in [0.1, 0.15) is 10.1 Å². The molecular formula is C12H8N4O7S. The molecule has 11 nitrogen and oxygen atoms in total. The van der Waals surface area contributed by atoms with Crippen LogP contribution in [0.4, 0.5) is 17.1 Å². The third kappa shape index (κ3) is 5.40. The molecule has 24 heavy (non-hydrogen) atoms. The van der Waals surface area contributed by atoms with E-state index in [1.807, 2.05) is 0 Å². The Morgan fingerprint density at radius 1 is 0.917 bits per heavy atom. The predicted molar refractivity (Wildman–Crippen MR) is 78.9 cm³/mol. The molecule has 0 aliphatic heterocycles. The van der Waals surface area contributed by atoms with Gasteiger partial charge in [-0.15, -0.1) is 0 Å². The second-order valence-corrected chi connectivity index (χ2v) is 5.46. The monoisotopic (exact) mass is 352 g/mol. The van der Waals surface area contributed by atoms with Crippen LogP contribution >= 0.6 is 0 Å². The van der Waals surface area contributed by atoms with Crippen LogP contribution in [0.3, 0.4) is 0 Å². The Hall–Kier alpha value is -3.43. The van der Waals surface area contributed by atoms with E-state index in [0.717, 1.165) is 24.3 Å². The van der Waals surface area contributed by atoms with Crippen LogP contribution < -0.4 is 0 Å². The highest BCUT2D eigenvalue weighted by molar-refractivity contribution is 7.85. The summed E-state index contributed by atoms with van der Waals surface area (Å²) in [6, 6.07) is 9.25. The Morgan fingerprint density at radius 2 is 1.46 bits per heavy atom. The van der Waals surface area contributed by atoms with E-state index in [1.54, 1.807) is 0 Å². The molecule has 0 heterocycles. The molecule has 12 heteroatoms. The molecule has 0 saturated carbocycles. The standard InChI is InChI=1S/C6H4N3O2.C6H5NO5S/c7-8-5-1-3-6(4-2-5)9(10)11;8-7(9)5-2-1-3-6(4-5)13(10,11)12/h1-4H;1-4H,(H,10,11,12)/q+1;/p-1. The summed E-state index contributed by atoms with van der Waals surface area (Å²) in [4.78, 5) is 21.3. The summed E-state index contributed by atoms with van der Waals surface area (Å²) in [5.41, 5.74) is -0.134. The first-order valence-corrected chi connectivity index (χ1v) is 7.36. The number of nitro groups is 2. The van der Waals surface area contributed by atoms with Crippen LogP contribution in [0.5, 0.6) is 0 Å². The molecule has 0 aliphatic rings. The van der Waals surface area contributed by atoms with Gasteiger partial charge >= 0.3 is 5.69 Å². The van der Waals surface area contributed by atoms with E-state index in [4.69, 9.17) is 5.39 Å². The summed E-state index contributed by atoms with van der Waals surface area (Å²) in [6.07, 6.45) is 0. The highest BCUT2D eigenvalue weighted by Gasteiger charge is 2.09. The largest absolute Gasteiger partial charge is 0.744 e. The number of hydrogen-bond acceptors (Lipinski definition) is 8. The maximum Gasteiger partial charge on any atom is 0.385 e. The van der Waals surface area contributed by atoms with E-state index in [-0.39, 0.29) is 5.69 Å². The van der Waals surface area contributed by atoms with E-state index < -0.39 is 30.5 Å². The van der Waals surface area contributed by atoms with Gasteiger partial charge in [-0.05, 0) is 6.07 Å². The number of nitrogens with zero attached hydrogens (tertiary/aromatic N) is 4. The first-order chi connectivity index (χ1) is 11.1. The van der Waals surface area contributed by atoms with Crippen LogP contribution in [0.15, 0.2) is 53.4 Å². The molecule has 0 amide bonds. The second kappa shape index (κ2) is 7.72. The van der Waals surface area contributed by atoms with Gasteiger partial charge in [-0.25, -0.2) is 8.42 Å². The smallest absolute Gasteiger partial charge is 0.385 e. The molecule has 0 fully saturated rings. The highest BCUT2D eigenvalue weighted by atomic mass is 32.2. The molecule has 0 bridgehead atoms. The molecule has 0 aliphatic carbocycles. The minimum atomic E-state index is -4.61. The van der Waals surface area contributed by atoms with Crippen molar-refractivity contribution in [3.63, 3.8) is 0 Å². The SMILES string of the molecule is N#[N+]c1ccc([N+](=O)[O-])cc1.O=[N+]([O-])c1cccc(S(=O)(=O)[O-])c1. The van der Waals surface area contributed by atoms with Gasteiger partial charge in [0.2, 0.25) is 5.39 Å². The fourth-order valence-corrected chi connectivity index (χ4v) is 1.90. The van der Waals surface area contributed by atoms with Crippen molar-refractivity contribution < 1.29 is 22.8 Å². The molecule has 2 aromatic carbocycles. The van der Waals surface area contributed by atoms with Gasteiger partial charge < -0.3 is 4.55 Å². The summed E-state index contributed by atoms with van der Waals surface area (Å²) in [7, 11) is -4.61. The Morgan fingerprint density at radius 3 is 1.88 bits per heavy atom. The lowest BCUT2D eigenvalue weighted by molar-refractivity contribution is -0.385. The molecule has 2 rings (SSSR count). The number of diazo groups is 1. The van der Waals surface area contributed by atoms with E-state index >= 15 is 0 Å². The maximum absolute atomic E-state index is 10.4. The quantitative estimate of drug-likeness (QED) is 0.351. The Balaban J connectivity index is 0.000000243. The molecule has 0 aromatic heterocycles. The third-order valence-electron chi connectivity index (χ3n) is 2.49. The number of rotatable bonds is 3. The van der Waals surface area contributed by atoms with Crippen LogP contribution in [0.25, 0.3) is 4.98 Å². The highest BCUT2D eigenvalue weighted by Crippen LogP contribution is 2.17. The fourth-order valence-electron chi connectivity index (χ4n) is 1.39. The van der Waals surface area contributed by atoms with E-state index in [9.17, 15) is 33.2 Å². The van der Waals surface area contributed by atoms with Crippen LogP contribution in [0, 0.1) is 25.6 Å². The van der Waals surface area contributed by atoms with Crippen molar-refractivity contribution in [1.29, 1.82) is 5.39 Å². The summed E-state index contributed by atoms with van der Waals surface area (Å²) < 4.78 is 31.3. The van der Waals surface area contributed by atoms with Crippen molar-refractivity contribution in [1.82, 2.24) is 0 Å². The number of non-ortho nitro benzene ring substituents is 2. The van der Waals surface area contributed by atoms with Gasteiger partial charge in [-0.3, -0.25) is 20.2 Å². The lowest BCUT2D eigenvalue weighted by Crippen LogP contribution is -1.99. The summed E-state index contributed by atoms with van der Waals surface area (Å²) in [6.45, 7) is 0. The zero-order chi connectivity index (χ0) is 18.3. The number of nitro benzene ring substituents is 2. The van der Waals surface area contributed by atoms with E-state index in [1.165, 1.54) is 24.3 Å². The molecule has 0 atom stereocenters. The van der Waals surface area contributed by atoms with Gasteiger partial charge in [0.15, 0.2) is 4.98 Å². The minimum absolute atomic E-state index is 0.0163. The second-order valence-electron chi connectivity index (χ2n) is 4.08. The van der Waals surface area contributed by atoms with Crippen LogP contribution in [0.1, 0.15) is 0 Å². The Labute approximate surface area is 134 Å². The lowest BCUT2D eigenvalue weighted by Gasteiger charge is -2.05. The lowest BCUT2D eigenvalue weighted by atomic mass is 10.3. The average Bonchev–Trinajstić information content (AvgIpc) is 2.54. The van der Waals surface area contributed by atoms with Crippen LogP contribution in [-0.4, -0.2) is 22.8 Å². The summed E-state index contributed by atoms with van der Waals surface area (Å²) in [5, 5.41) is 28.5. The topological polar surface area (TPSA) is 172 Å². The zero-order valence-corrected chi connectivity index (χ0v) is 12.5. The van der Waals surface area contributed by atoms with E-state index in [0.29, 0.717) is 5.69 Å². The van der Waals surface area contributed by atoms with Crippen molar-refractivity contribution in [2.45, 2.75) is 4.90 Å². The molecule has 124 valence electrons. The van der Waals surface area contributed by atoms with Gasteiger partial charge in [-0.2, -0.15) is 0 Å². The maximum atomic E-state index is 10.4. The molecule has 2 aromatic rings. The molecule has 0 N–H and O–H groups in total. The van der Waals surface area contributed by atoms with Crippen LogP contribution in [-0.2, 0) is 10.1 Å². The van der Waals surface area contributed by atoms with Gasteiger partial charge in [0.25, 0.3) is 11.4 Å². The predicted octanol–water partition coefficient (Wildman–Crippen LogP) is 2.58. The molecular weight excluding hydrogens is 344 g/mol. The van der Waals surface area contributed by atoms with Crippen molar-refractivity contribution >= 4 is 27.2 Å². The van der Waals surface area contributed by atoms with Gasteiger partial charge in [-0.1, -0.05) is 6.07 Å². The minimum Gasteiger partial charge on any atom is -0.744 e. The normalized spacial score (nSPS) is 10.0. The fraction of sp³-hybridized carbons (Fsp3) is 0. The van der Waals surface area contributed by atoms with Crippen LogP contribution in [0.2, 0.25) is 0 Å². The number of benzene rings is 2. The molecule has 0 spiro atoms. The van der Waals surface area contributed by atoms with Crippen molar-refractivity contribution in [3.8, 4) is 0 Å². The molecule has 0 saturated heterocycles. The Bertz CT molecular complexity index is 904. The first kappa shape index (κ1) is 18.6. The average molecular weight is 352 g/mol. The van der Waals surface area contributed by atoms with E-state index in [2.05, 4.69) is 4.98 Å². The van der Waals surface area contributed by atoms with Crippen molar-refractivity contribution in [2.24, 2.45) is 0 Å². The summed E-state index contributed by atoms with van der Waals surface area (Å²) >= 11 is 0.